The second-order valence-electron chi connectivity index (χ2n) is 6.13. The van der Waals surface area contributed by atoms with E-state index >= 15 is 0 Å². The van der Waals surface area contributed by atoms with Gasteiger partial charge in [0.15, 0.2) is 0 Å². The van der Waals surface area contributed by atoms with E-state index < -0.39 is 0 Å². The van der Waals surface area contributed by atoms with E-state index in [-0.39, 0.29) is 63.0 Å². The number of hydrogen-bond donors (Lipinski definition) is 0. The summed E-state index contributed by atoms with van der Waals surface area (Å²) in [4.78, 5) is 0. The molecule has 0 saturated carbocycles. The van der Waals surface area contributed by atoms with E-state index in [1.54, 1.807) is 16.7 Å². The van der Waals surface area contributed by atoms with Crippen molar-refractivity contribution < 1.29 is 25.8 Å². The largest absolute Gasteiger partial charge is 0.358 e. The predicted octanol–water partition coefficient (Wildman–Crippen LogP) is 7.62. The van der Waals surface area contributed by atoms with Crippen LogP contribution in [0.5, 0.6) is 0 Å². The summed E-state index contributed by atoms with van der Waals surface area (Å²) in [5.41, 5.74) is 7.87. The molecule has 0 fully saturated rings. The van der Waals surface area contributed by atoms with Crippen LogP contribution >= 0.6 is 0 Å². The van der Waals surface area contributed by atoms with Crippen LogP contribution < -0.4 is 0 Å². The third kappa shape index (κ3) is 7.60. The molecule has 0 aromatic heterocycles. The van der Waals surface area contributed by atoms with Gasteiger partial charge in [-0.3, -0.25) is 6.08 Å². The van der Waals surface area contributed by atoms with E-state index in [9.17, 15) is 0 Å². The van der Waals surface area contributed by atoms with Gasteiger partial charge in [-0.2, -0.15) is 23.8 Å². The topological polar surface area (TPSA) is 0 Å². The average molecular weight is 530 g/mol. The van der Waals surface area contributed by atoms with Crippen molar-refractivity contribution in [2.45, 2.75) is 46.0 Å². The average Bonchev–Trinajstić information content (AvgIpc) is 3.25. The molecule has 4 rings (SSSR count). The zero-order valence-corrected chi connectivity index (χ0v) is 22.2. The molecule has 0 amide bonds. The zero-order valence-electron chi connectivity index (χ0n) is 18.7. The first kappa shape index (κ1) is 33.7. The number of benzene rings is 1. The van der Waals surface area contributed by atoms with Gasteiger partial charge in [-0.05, 0) is 19.3 Å². The van der Waals surface area contributed by atoms with Gasteiger partial charge in [-0.1, -0.05) is 43.9 Å². The van der Waals surface area contributed by atoms with Crippen molar-refractivity contribution in [2.24, 2.45) is 5.92 Å². The Labute approximate surface area is 190 Å². The first-order chi connectivity index (χ1) is 10.3. The molecule has 1 atom stereocenters. The summed E-state index contributed by atoms with van der Waals surface area (Å²) >= 11 is 0. The van der Waals surface area contributed by atoms with Crippen LogP contribution in [0.1, 0.15) is 48.9 Å². The molecule has 0 saturated heterocycles. The predicted molar refractivity (Wildman–Crippen MR) is 122 cm³/mol. The maximum Gasteiger partial charge on any atom is 0 e. The summed E-state index contributed by atoms with van der Waals surface area (Å²) in [6, 6.07) is 14.7. The zero-order chi connectivity index (χ0) is 14.7. The maximum absolute atomic E-state index is 3.62. The second kappa shape index (κ2) is 16.2. The molecular weight excluding hydrogens is 491 g/mol. The van der Waals surface area contributed by atoms with Crippen LogP contribution in [0.15, 0.2) is 42.5 Å². The molecule has 2 aliphatic rings. The molecule has 0 spiro atoms. The van der Waals surface area contributed by atoms with Gasteiger partial charge in [-0.25, -0.2) is 17.7 Å². The van der Waals surface area contributed by atoms with Crippen molar-refractivity contribution in [1.29, 1.82) is 0 Å². The van der Waals surface area contributed by atoms with Gasteiger partial charge in [0, 0.05) is 25.8 Å². The van der Waals surface area contributed by atoms with Crippen molar-refractivity contribution in [3.05, 3.63) is 108 Å². The fourth-order valence-electron chi connectivity index (χ4n) is 3.42. The smallest absolute Gasteiger partial charge is 0 e. The van der Waals surface area contributed by atoms with Crippen LogP contribution in [0.2, 0.25) is 0 Å². The maximum atomic E-state index is 3.62. The molecule has 0 N–H and O–H groups in total. The molecular formula is C26H39Hf-7. The van der Waals surface area contributed by atoms with E-state index in [4.69, 9.17) is 0 Å². The van der Waals surface area contributed by atoms with Crippen LogP contribution in [0, 0.1) is 49.1 Å². The Morgan fingerprint density at radius 3 is 2.07 bits per heavy atom. The summed E-state index contributed by atoms with van der Waals surface area (Å²) in [6.07, 6.45) is 9.82. The first-order valence-corrected chi connectivity index (χ1v) is 8.22. The van der Waals surface area contributed by atoms with Gasteiger partial charge >= 0.3 is 0 Å². The van der Waals surface area contributed by atoms with Crippen LogP contribution in [0.25, 0.3) is 5.57 Å². The second-order valence-corrected chi connectivity index (χ2v) is 6.13. The van der Waals surface area contributed by atoms with Crippen molar-refractivity contribution in [3.63, 3.8) is 0 Å². The van der Waals surface area contributed by atoms with Crippen LogP contribution in [-0.2, 0) is 45.1 Å². The first-order valence-electron chi connectivity index (χ1n) is 8.22. The summed E-state index contributed by atoms with van der Waals surface area (Å²) < 4.78 is 0. The monoisotopic (exact) mass is 531 g/mol. The van der Waals surface area contributed by atoms with Gasteiger partial charge in [-0.15, -0.1) is 17.5 Å². The van der Waals surface area contributed by atoms with E-state index in [0.717, 1.165) is 6.42 Å². The molecule has 0 aliphatic heterocycles. The minimum absolute atomic E-state index is 0. The van der Waals surface area contributed by atoms with Gasteiger partial charge in [0.25, 0.3) is 0 Å². The van der Waals surface area contributed by atoms with Crippen LogP contribution in [0.3, 0.4) is 0 Å². The molecule has 27 heavy (non-hydrogen) atoms. The van der Waals surface area contributed by atoms with Crippen LogP contribution in [-0.4, -0.2) is 0 Å². The number of allylic oxidation sites excluding steroid dienone is 2. The molecule has 2 aromatic rings. The van der Waals surface area contributed by atoms with Gasteiger partial charge in [0.2, 0.25) is 0 Å². The third-order valence-electron chi connectivity index (χ3n) is 4.77. The van der Waals surface area contributed by atoms with E-state index in [1.165, 1.54) is 36.8 Å². The molecule has 154 valence electrons. The molecule has 2 aromatic carbocycles. The van der Waals surface area contributed by atoms with Crippen LogP contribution in [0.4, 0.5) is 0 Å². The number of hydrogen-bond acceptors (Lipinski definition) is 0. The van der Waals surface area contributed by atoms with Gasteiger partial charge in [0.05, 0.1) is 0 Å². The Hall–Kier alpha value is -0.820. The van der Waals surface area contributed by atoms with E-state index in [1.807, 2.05) is 30.3 Å². The summed E-state index contributed by atoms with van der Waals surface area (Å²) in [7, 11) is 0. The number of rotatable bonds is 2. The van der Waals surface area contributed by atoms with Crippen molar-refractivity contribution in [3.8, 4) is 0 Å². The minimum Gasteiger partial charge on any atom is -0.358 e. The molecule has 0 nitrogen and oxygen atoms in total. The molecule has 2 aliphatic carbocycles. The van der Waals surface area contributed by atoms with E-state index in [0.29, 0.717) is 5.92 Å². The normalized spacial score (nSPS) is 12.9. The van der Waals surface area contributed by atoms with Crippen molar-refractivity contribution in [2.75, 3.05) is 0 Å². The molecule has 1 unspecified atom stereocenters. The standard InChI is InChI=1S/C16H19.C5H5.5CH3.Hf/c1-3-11(2)14-10-9-13-8-7-12-5-4-6-15(12)16(13)14;1-2-4-5-3-1;;;;;;/h7-8,11H,3-6,9H2,1-2H3;1-5H;5*1H3;/q7*-1;. The number of aryl methyl sites for hydroxylation is 1. The summed E-state index contributed by atoms with van der Waals surface area (Å²) in [6.45, 7) is 4.62. The third-order valence-corrected chi connectivity index (χ3v) is 4.77. The van der Waals surface area contributed by atoms with E-state index in [2.05, 4.69) is 32.1 Å². The Morgan fingerprint density at radius 2 is 1.56 bits per heavy atom. The quantitative estimate of drug-likeness (QED) is 0.277. The fraction of sp³-hybridized carbons (Fsp3) is 0.308. The van der Waals surface area contributed by atoms with Gasteiger partial charge < -0.3 is 37.1 Å². The van der Waals surface area contributed by atoms with Crippen molar-refractivity contribution >= 4 is 5.57 Å². The number of fused-ring (bicyclic) bond motifs is 3. The van der Waals surface area contributed by atoms with Gasteiger partial charge in [0.1, 0.15) is 0 Å². The Balaban J connectivity index is -0.000000214. The summed E-state index contributed by atoms with van der Waals surface area (Å²) in [5.74, 6) is 0.674. The fourth-order valence-corrected chi connectivity index (χ4v) is 3.42. The Morgan fingerprint density at radius 1 is 0.963 bits per heavy atom. The summed E-state index contributed by atoms with van der Waals surface area (Å²) in [5, 5.41) is 0. The minimum atomic E-state index is 0. The molecule has 0 radical (unpaired) electrons. The Kier molecular flexibility index (Phi) is 20.2. The SMILES string of the molecule is CCC(C)C1=[C-]Cc2ccc3c(c21)CCC3.[CH3-].[CH3-].[CH3-].[CH3-].[CH3-].[Hf].c1cc[cH-]c1. The Bertz CT molecular complexity index is 603. The molecule has 1 heteroatoms. The van der Waals surface area contributed by atoms with Crippen molar-refractivity contribution in [1.82, 2.24) is 0 Å². The molecule has 0 heterocycles. The molecule has 0 bridgehead atoms.